The van der Waals surface area contributed by atoms with E-state index in [9.17, 15) is 60.7 Å². The van der Waals surface area contributed by atoms with Crippen LogP contribution in [0.5, 0.6) is 23.0 Å². The lowest BCUT2D eigenvalue weighted by atomic mass is 9.89. The van der Waals surface area contributed by atoms with E-state index in [-0.39, 0.29) is 22.8 Å². The van der Waals surface area contributed by atoms with Gasteiger partial charge in [-0.3, -0.25) is 4.79 Å². The van der Waals surface area contributed by atoms with E-state index in [1.807, 2.05) is 0 Å². The molecule has 3 heterocycles. The number of ether oxygens (including phenoxy) is 4. The topological polar surface area (TPSA) is 286 Å². The van der Waals surface area contributed by atoms with Gasteiger partial charge in [0.2, 0.25) is 6.29 Å². The highest BCUT2D eigenvalue weighted by atomic mass is 16.7. The van der Waals surface area contributed by atoms with E-state index in [0.29, 0.717) is 11.1 Å². The summed E-state index contributed by atoms with van der Waals surface area (Å²) in [6, 6.07) is 13.6. The van der Waals surface area contributed by atoms with E-state index in [1.54, 1.807) is 0 Å². The number of aliphatic hydroxyl groups excluding tert-OH is 7. The fourth-order valence-electron chi connectivity index (χ4n) is 6.01. The predicted molar refractivity (Wildman–Crippen MR) is 179 cm³/mol. The molecule has 0 bridgehead atoms. The van der Waals surface area contributed by atoms with Gasteiger partial charge in [-0.25, -0.2) is 4.79 Å². The van der Waals surface area contributed by atoms with E-state index >= 15 is 0 Å². The standard InChI is InChI=1S/C36H36O17/c37-13-23-28(42)31(45)33(47)35(51-23)27-22(12-21-26(30(27)44)19(40)11-20(50-21)16-4-8-18(39)9-5-16)52-36-34(48)32(46)29(43)24(53-36)14-49-25(41)10-3-15-1-6-17(38)7-2-15/h1-12,23-24,28-29,31-39,42-48H,13-14H2/t23-,24-,28-,29-,31+,32+,33-,34-,35+,36-/m1/s1. The van der Waals surface area contributed by atoms with Crippen LogP contribution in [0.1, 0.15) is 17.2 Å². The van der Waals surface area contributed by atoms with E-state index in [4.69, 9.17) is 23.4 Å². The Balaban J connectivity index is 1.35. The molecule has 6 rings (SSSR count). The van der Waals surface area contributed by atoms with Crippen molar-refractivity contribution < 1.29 is 79.2 Å². The molecule has 53 heavy (non-hydrogen) atoms. The first kappa shape index (κ1) is 37.7. The zero-order valence-electron chi connectivity index (χ0n) is 27.4. The minimum absolute atomic E-state index is 0.0118. The maximum atomic E-state index is 13.4. The molecule has 10 N–H and O–H groups in total. The average molecular weight is 741 g/mol. The number of phenolic OH excluding ortho intramolecular Hbond substituents is 3. The monoisotopic (exact) mass is 740 g/mol. The maximum Gasteiger partial charge on any atom is 0.330 e. The van der Waals surface area contributed by atoms with Crippen LogP contribution >= 0.6 is 0 Å². The van der Waals surface area contributed by atoms with Crippen LogP contribution in [0.25, 0.3) is 28.4 Å². The molecule has 1 aromatic heterocycles. The molecule has 2 aliphatic heterocycles. The second kappa shape index (κ2) is 15.5. The highest BCUT2D eigenvalue weighted by molar-refractivity contribution is 5.88. The Hall–Kier alpha value is -5.08. The van der Waals surface area contributed by atoms with Crippen molar-refractivity contribution >= 4 is 23.0 Å². The summed E-state index contributed by atoms with van der Waals surface area (Å²) in [5, 5.41) is 104. The molecule has 2 aliphatic rings. The summed E-state index contributed by atoms with van der Waals surface area (Å²) in [5.41, 5.74) is -0.713. The van der Waals surface area contributed by atoms with E-state index in [2.05, 4.69) is 0 Å². The Morgan fingerprint density at radius 3 is 2.04 bits per heavy atom. The molecule has 3 aromatic carbocycles. The normalized spacial score (nSPS) is 29.0. The SMILES string of the molecule is O=C(C=Cc1ccc(O)cc1)OC[C@H]1O[C@@H](Oc2cc3oc(-c4ccc(O)cc4)cc(=O)c3c(O)c2[C@@H]2O[C@H](CO)[C@@H](O)[C@H](O)[C@H]2O)[C@H](O)[C@@H](O)[C@@H]1O. The number of aliphatic hydroxyl groups is 7. The van der Waals surface area contributed by atoms with Crippen molar-refractivity contribution in [2.24, 2.45) is 0 Å². The molecule has 2 fully saturated rings. The van der Waals surface area contributed by atoms with E-state index in [1.165, 1.54) is 54.6 Å². The summed E-state index contributed by atoms with van der Waals surface area (Å²) < 4.78 is 28.4. The Labute approximate surface area is 299 Å². The predicted octanol–water partition coefficient (Wildman–Crippen LogP) is -0.465. The molecule has 0 radical (unpaired) electrons. The molecular formula is C36H36O17. The van der Waals surface area contributed by atoms with Crippen molar-refractivity contribution in [2.75, 3.05) is 13.2 Å². The Morgan fingerprint density at radius 2 is 1.38 bits per heavy atom. The fraction of sp³-hybridized carbons (Fsp3) is 0.333. The molecule has 0 amide bonds. The molecule has 0 spiro atoms. The summed E-state index contributed by atoms with van der Waals surface area (Å²) in [7, 11) is 0. The molecular weight excluding hydrogens is 704 g/mol. The Kier molecular flexibility index (Phi) is 11.0. The summed E-state index contributed by atoms with van der Waals surface area (Å²) in [4.78, 5) is 25.9. The van der Waals surface area contributed by atoms with Crippen LogP contribution in [-0.4, -0.2) is 125 Å². The zero-order valence-corrected chi connectivity index (χ0v) is 27.4. The van der Waals surface area contributed by atoms with Gasteiger partial charge in [-0.15, -0.1) is 0 Å². The number of aromatic hydroxyl groups is 3. The van der Waals surface area contributed by atoms with Crippen molar-refractivity contribution in [3.05, 3.63) is 88.1 Å². The van der Waals surface area contributed by atoms with Crippen LogP contribution in [0.3, 0.4) is 0 Å². The first-order valence-electron chi connectivity index (χ1n) is 16.2. The smallest absolute Gasteiger partial charge is 0.330 e. The molecule has 2 saturated heterocycles. The number of carbonyl (C=O) groups excluding carboxylic acids is 1. The number of fused-ring (bicyclic) bond motifs is 1. The molecule has 17 heteroatoms. The van der Waals surface area contributed by atoms with Crippen molar-refractivity contribution in [3.63, 3.8) is 0 Å². The van der Waals surface area contributed by atoms with Crippen molar-refractivity contribution in [1.82, 2.24) is 0 Å². The summed E-state index contributed by atoms with van der Waals surface area (Å²) in [6.45, 7) is -1.50. The van der Waals surface area contributed by atoms with Crippen LogP contribution in [-0.2, 0) is 19.0 Å². The summed E-state index contributed by atoms with van der Waals surface area (Å²) >= 11 is 0. The van der Waals surface area contributed by atoms with Crippen molar-refractivity contribution in [3.8, 4) is 34.3 Å². The van der Waals surface area contributed by atoms with Crippen LogP contribution in [0, 0.1) is 0 Å². The average Bonchev–Trinajstić information content (AvgIpc) is 3.14. The third-order valence-electron chi connectivity index (χ3n) is 8.93. The number of hydrogen-bond donors (Lipinski definition) is 10. The van der Waals surface area contributed by atoms with Crippen LogP contribution in [0.4, 0.5) is 0 Å². The number of hydrogen-bond acceptors (Lipinski definition) is 17. The number of esters is 1. The lowest BCUT2D eigenvalue weighted by molar-refractivity contribution is -0.279. The molecule has 17 nitrogen and oxygen atoms in total. The molecule has 0 unspecified atom stereocenters. The quantitative estimate of drug-likeness (QED) is 0.0767. The molecule has 10 atom stereocenters. The lowest BCUT2D eigenvalue weighted by Gasteiger charge is -2.42. The minimum Gasteiger partial charge on any atom is -0.508 e. The van der Waals surface area contributed by atoms with Gasteiger partial charge in [-0.1, -0.05) is 12.1 Å². The maximum absolute atomic E-state index is 13.4. The van der Waals surface area contributed by atoms with Gasteiger partial charge in [0.05, 0.1) is 12.2 Å². The van der Waals surface area contributed by atoms with Gasteiger partial charge in [-0.2, -0.15) is 0 Å². The number of carbonyl (C=O) groups is 1. The van der Waals surface area contributed by atoms with Crippen LogP contribution in [0.2, 0.25) is 0 Å². The van der Waals surface area contributed by atoms with E-state index < -0.39 is 108 Å². The molecule has 0 saturated carbocycles. The highest BCUT2D eigenvalue weighted by Gasteiger charge is 2.49. The van der Waals surface area contributed by atoms with Gasteiger partial charge in [0.15, 0.2) is 5.43 Å². The first-order valence-corrected chi connectivity index (χ1v) is 16.2. The van der Waals surface area contributed by atoms with Gasteiger partial charge >= 0.3 is 5.97 Å². The second-order valence-electron chi connectivity index (χ2n) is 12.5. The van der Waals surface area contributed by atoms with Crippen molar-refractivity contribution in [2.45, 2.75) is 61.2 Å². The zero-order chi connectivity index (χ0) is 38.1. The number of phenols is 3. The van der Waals surface area contributed by atoms with Gasteiger partial charge in [0.1, 0.15) is 101 Å². The number of benzene rings is 3. The van der Waals surface area contributed by atoms with Crippen LogP contribution in [0.15, 0.2) is 76.0 Å². The van der Waals surface area contributed by atoms with E-state index in [0.717, 1.165) is 18.2 Å². The Bertz CT molecular complexity index is 2010. The fourth-order valence-corrected chi connectivity index (χ4v) is 6.01. The third kappa shape index (κ3) is 7.70. The lowest BCUT2D eigenvalue weighted by Crippen LogP contribution is -2.60. The molecule has 4 aromatic rings. The van der Waals surface area contributed by atoms with Gasteiger partial charge in [0, 0.05) is 23.8 Å². The summed E-state index contributed by atoms with van der Waals surface area (Å²) in [5.74, 6) is -2.33. The van der Waals surface area contributed by atoms with Gasteiger partial charge in [-0.05, 0) is 48.0 Å². The Morgan fingerprint density at radius 1 is 0.755 bits per heavy atom. The highest BCUT2D eigenvalue weighted by Crippen LogP contribution is 2.46. The number of rotatable bonds is 9. The molecule has 0 aliphatic carbocycles. The van der Waals surface area contributed by atoms with Gasteiger partial charge < -0.3 is 74.4 Å². The largest absolute Gasteiger partial charge is 0.508 e. The molecule has 282 valence electrons. The van der Waals surface area contributed by atoms with Crippen molar-refractivity contribution in [1.29, 1.82) is 0 Å². The summed E-state index contributed by atoms with van der Waals surface area (Å²) in [6.07, 6.45) is -15.7. The first-order chi connectivity index (χ1) is 25.3. The van der Waals surface area contributed by atoms with Crippen LogP contribution < -0.4 is 10.2 Å². The minimum atomic E-state index is -2.00. The van der Waals surface area contributed by atoms with Gasteiger partial charge in [0.25, 0.3) is 0 Å². The second-order valence-corrected chi connectivity index (χ2v) is 12.5. The third-order valence-corrected chi connectivity index (χ3v) is 8.93.